The number of likely N-dealkylation sites (tertiary alicyclic amines) is 1. The van der Waals surface area contributed by atoms with Gasteiger partial charge in [-0.3, -0.25) is 0 Å². The van der Waals surface area contributed by atoms with Gasteiger partial charge in [-0.15, -0.1) is 0 Å². The molecule has 4 rings (SSSR count). The number of phenols is 2. The Morgan fingerprint density at radius 2 is 1.94 bits per heavy atom. The lowest BCUT2D eigenvalue weighted by molar-refractivity contribution is -0.137. The summed E-state index contributed by atoms with van der Waals surface area (Å²) < 4.78 is 45.0. The molecular weight excluding hydrogens is 435 g/mol. The maximum absolute atomic E-state index is 13.0. The summed E-state index contributed by atoms with van der Waals surface area (Å²) in [5.41, 5.74) is 0.275. The standard InChI is InChI=1S/C22H21ClF3NO4/c1-27-7-6-13(16(27)10-28)20-18(30)9-17(29)14-4-5-19(31-21(14)20)12-3-2-11(8-15(12)23)22(24,25)26/h2-5,8-9,13,16,19,28-30H,6-7,10H2,1H3/t13-,16+,19?/m1/s1. The fourth-order valence-corrected chi connectivity index (χ4v) is 4.66. The van der Waals surface area contributed by atoms with Crippen LogP contribution < -0.4 is 4.74 Å². The monoisotopic (exact) mass is 455 g/mol. The SMILES string of the molecule is CN1CC[C@@H](c2c(O)cc(O)c3c2OC(c2ccc(C(F)(F)F)cc2Cl)C=C3)[C@@H]1CO. The molecule has 1 fully saturated rings. The van der Waals surface area contributed by atoms with Crippen LogP contribution in [0.5, 0.6) is 17.2 Å². The van der Waals surface area contributed by atoms with Crippen LogP contribution in [-0.2, 0) is 6.18 Å². The lowest BCUT2D eigenvalue weighted by Crippen LogP contribution is -2.32. The number of aliphatic hydroxyl groups is 1. The van der Waals surface area contributed by atoms with Crippen molar-refractivity contribution in [3.63, 3.8) is 0 Å². The van der Waals surface area contributed by atoms with Crippen LogP contribution in [0.25, 0.3) is 6.08 Å². The van der Waals surface area contributed by atoms with Crippen molar-refractivity contribution in [2.24, 2.45) is 0 Å². The molecule has 31 heavy (non-hydrogen) atoms. The molecule has 0 aliphatic carbocycles. The van der Waals surface area contributed by atoms with Gasteiger partial charge in [0.1, 0.15) is 23.4 Å². The van der Waals surface area contributed by atoms with Gasteiger partial charge < -0.3 is 25.0 Å². The number of nitrogens with zero attached hydrogens (tertiary/aromatic N) is 1. The first kappa shape index (κ1) is 21.8. The van der Waals surface area contributed by atoms with Crippen molar-refractivity contribution in [2.45, 2.75) is 30.7 Å². The highest BCUT2D eigenvalue weighted by molar-refractivity contribution is 6.31. The first-order valence-electron chi connectivity index (χ1n) is 9.73. The number of rotatable bonds is 3. The first-order valence-corrected chi connectivity index (χ1v) is 10.1. The number of fused-ring (bicyclic) bond motifs is 1. The van der Waals surface area contributed by atoms with Gasteiger partial charge in [0.2, 0.25) is 0 Å². The lowest BCUT2D eigenvalue weighted by atomic mass is 9.87. The number of benzene rings is 2. The Bertz CT molecular complexity index is 1040. The van der Waals surface area contributed by atoms with Crippen molar-refractivity contribution in [1.29, 1.82) is 0 Å². The van der Waals surface area contributed by atoms with Crippen LogP contribution in [0.3, 0.4) is 0 Å². The zero-order valence-electron chi connectivity index (χ0n) is 16.5. The predicted octanol–water partition coefficient (Wildman–Crippen LogP) is 4.70. The van der Waals surface area contributed by atoms with Crippen molar-refractivity contribution >= 4 is 17.7 Å². The Morgan fingerprint density at radius 1 is 1.19 bits per heavy atom. The summed E-state index contributed by atoms with van der Waals surface area (Å²) in [6, 6.07) is 4.02. The van der Waals surface area contributed by atoms with E-state index in [1.807, 2.05) is 11.9 Å². The van der Waals surface area contributed by atoms with E-state index in [-0.39, 0.29) is 40.8 Å². The lowest BCUT2D eigenvalue weighted by Gasteiger charge is -2.30. The van der Waals surface area contributed by atoms with Gasteiger partial charge >= 0.3 is 6.18 Å². The van der Waals surface area contributed by atoms with E-state index in [9.17, 15) is 28.5 Å². The summed E-state index contributed by atoms with van der Waals surface area (Å²) in [5.74, 6) is -0.363. The number of alkyl halides is 3. The van der Waals surface area contributed by atoms with Gasteiger partial charge in [-0.2, -0.15) is 13.2 Å². The number of halogens is 4. The second kappa shape index (κ2) is 7.93. The number of hydrogen-bond acceptors (Lipinski definition) is 5. The van der Waals surface area contributed by atoms with Crippen LogP contribution in [-0.4, -0.2) is 46.5 Å². The summed E-state index contributed by atoms with van der Waals surface area (Å²) in [5, 5.41) is 30.7. The van der Waals surface area contributed by atoms with Gasteiger partial charge in [0.15, 0.2) is 0 Å². The van der Waals surface area contributed by atoms with E-state index in [0.29, 0.717) is 29.7 Å². The van der Waals surface area contributed by atoms with E-state index in [1.165, 1.54) is 12.1 Å². The van der Waals surface area contributed by atoms with E-state index in [1.54, 1.807) is 12.2 Å². The van der Waals surface area contributed by atoms with Crippen LogP contribution in [0.15, 0.2) is 30.3 Å². The van der Waals surface area contributed by atoms with Crippen molar-refractivity contribution < 1.29 is 33.2 Å². The molecule has 0 aromatic heterocycles. The summed E-state index contributed by atoms with van der Waals surface area (Å²) in [6.45, 7) is 0.579. The third-order valence-electron chi connectivity index (χ3n) is 6.01. The molecule has 1 unspecified atom stereocenters. The molecule has 0 bridgehead atoms. The fourth-order valence-electron chi connectivity index (χ4n) is 4.37. The van der Waals surface area contributed by atoms with E-state index >= 15 is 0 Å². The number of likely N-dealkylation sites (N-methyl/N-ethyl adjacent to an activating group) is 1. The minimum atomic E-state index is -4.52. The molecule has 2 aliphatic heterocycles. The van der Waals surface area contributed by atoms with Crippen LogP contribution in [0.1, 0.15) is 40.7 Å². The van der Waals surface area contributed by atoms with Gasteiger partial charge in [-0.25, -0.2) is 0 Å². The smallest absolute Gasteiger partial charge is 0.416 e. The van der Waals surface area contributed by atoms with Gasteiger partial charge in [-0.05, 0) is 44.3 Å². The molecule has 9 heteroatoms. The first-order chi connectivity index (χ1) is 14.6. The van der Waals surface area contributed by atoms with Crippen LogP contribution in [0.4, 0.5) is 13.2 Å². The normalized spacial score (nSPS) is 23.6. The number of aliphatic hydroxyl groups excluding tert-OH is 1. The summed E-state index contributed by atoms with van der Waals surface area (Å²) >= 11 is 6.14. The second-order valence-electron chi connectivity index (χ2n) is 7.83. The Morgan fingerprint density at radius 3 is 2.58 bits per heavy atom. The third-order valence-corrected chi connectivity index (χ3v) is 6.34. The number of phenolic OH excluding ortho intramolecular Hbond substituents is 2. The fraction of sp³-hybridized carbons (Fsp3) is 0.364. The Balaban J connectivity index is 1.76. The molecule has 2 heterocycles. The quantitative estimate of drug-likeness (QED) is 0.626. The molecule has 0 spiro atoms. The summed E-state index contributed by atoms with van der Waals surface area (Å²) in [7, 11) is 1.87. The Kier molecular flexibility index (Phi) is 5.57. The van der Waals surface area contributed by atoms with Crippen molar-refractivity contribution in [3.05, 3.63) is 57.6 Å². The van der Waals surface area contributed by atoms with E-state index in [2.05, 4.69) is 0 Å². The molecule has 2 aliphatic rings. The van der Waals surface area contributed by atoms with E-state index in [0.717, 1.165) is 12.1 Å². The Hall–Kier alpha value is -2.42. The Labute approximate surface area is 181 Å². The minimum Gasteiger partial charge on any atom is -0.507 e. The van der Waals surface area contributed by atoms with Gasteiger partial charge in [0, 0.05) is 34.2 Å². The zero-order chi connectivity index (χ0) is 22.5. The van der Waals surface area contributed by atoms with Crippen LogP contribution in [0.2, 0.25) is 5.02 Å². The maximum Gasteiger partial charge on any atom is 0.416 e. The number of hydrogen-bond donors (Lipinski definition) is 3. The van der Waals surface area contributed by atoms with Crippen LogP contribution in [0, 0.1) is 0 Å². The number of ether oxygens (including phenoxy) is 1. The topological polar surface area (TPSA) is 73.2 Å². The average Bonchev–Trinajstić information content (AvgIpc) is 3.07. The molecule has 2 aromatic rings. The minimum absolute atomic E-state index is 0.104. The van der Waals surface area contributed by atoms with Crippen LogP contribution >= 0.6 is 11.6 Å². The third kappa shape index (κ3) is 3.84. The van der Waals surface area contributed by atoms with Crippen molar-refractivity contribution in [1.82, 2.24) is 4.90 Å². The predicted molar refractivity (Wildman–Crippen MR) is 109 cm³/mol. The average molecular weight is 456 g/mol. The molecule has 2 aromatic carbocycles. The van der Waals surface area contributed by atoms with Crippen molar-refractivity contribution in [3.8, 4) is 17.2 Å². The molecule has 3 atom stereocenters. The zero-order valence-corrected chi connectivity index (χ0v) is 17.3. The van der Waals surface area contributed by atoms with Gasteiger partial charge in [0.25, 0.3) is 0 Å². The molecule has 0 saturated carbocycles. The molecule has 0 amide bonds. The molecule has 166 valence electrons. The van der Waals surface area contributed by atoms with E-state index < -0.39 is 17.8 Å². The molecular formula is C22H21ClF3NO4. The summed E-state index contributed by atoms with van der Waals surface area (Å²) in [6.07, 6.45) is -1.49. The largest absolute Gasteiger partial charge is 0.507 e. The molecule has 1 saturated heterocycles. The number of aromatic hydroxyl groups is 2. The highest BCUT2D eigenvalue weighted by Crippen LogP contribution is 2.50. The van der Waals surface area contributed by atoms with E-state index in [4.69, 9.17) is 16.3 Å². The second-order valence-corrected chi connectivity index (χ2v) is 8.24. The summed E-state index contributed by atoms with van der Waals surface area (Å²) in [4.78, 5) is 1.98. The molecule has 3 N–H and O–H groups in total. The highest BCUT2D eigenvalue weighted by Gasteiger charge is 2.38. The molecule has 5 nitrogen and oxygen atoms in total. The highest BCUT2D eigenvalue weighted by atomic mass is 35.5. The molecule has 0 radical (unpaired) electrons. The van der Waals surface area contributed by atoms with Gasteiger partial charge in [0.05, 0.1) is 17.7 Å². The van der Waals surface area contributed by atoms with Gasteiger partial charge in [-0.1, -0.05) is 17.7 Å². The maximum atomic E-state index is 13.0. The van der Waals surface area contributed by atoms with Crippen molar-refractivity contribution in [2.75, 3.05) is 20.2 Å².